The Labute approximate surface area is 142 Å². The largest absolute Gasteiger partial charge is 1.00 e. The Morgan fingerprint density at radius 1 is 1.17 bits per heavy atom. The molecule has 18 heavy (non-hydrogen) atoms. The molecule has 1 atom stereocenters. The van der Waals surface area contributed by atoms with Crippen LogP contribution in [-0.4, -0.2) is 20.3 Å². The van der Waals surface area contributed by atoms with Crippen LogP contribution in [0.2, 0.25) is 0 Å². The molecule has 2 nitrogen and oxygen atoms in total. The van der Waals surface area contributed by atoms with Crippen molar-refractivity contribution in [1.82, 2.24) is 0 Å². The van der Waals surface area contributed by atoms with Gasteiger partial charge in [-0.25, -0.2) is 0 Å². The molecule has 6 heteroatoms. The van der Waals surface area contributed by atoms with Crippen molar-refractivity contribution in [3.05, 3.63) is 29.8 Å². The van der Waals surface area contributed by atoms with Gasteiger partial charge in [-0.3, -0.25) is 4.21 Å². The summed E-state index contributed by atoms with van der Waals surface area (Å²) >= 11 is -1.87. The van der Waals surface area contributed by atoms with E-state index >= 15 is 0 Å². The smallest absolute Gasteiger partial charge is 0.772 e. The molecule has 1 aromatic rings. The Morgan fingerprint density at radius 3 is 2.44 bits per heavy atom. The molecule has 0 heterocycles. The Balaban J connectivity index is 0.00000289. The molecule has 0 aliphatic carbocycles. The molecule has 0 bridgehead atoms. The Kier molecular flexibility index (Phi) is 12.5. The number of hydrogen-bond acceptors (Lipinski definition) is 4. The van der Waals surface area contributed by atoms with Crippen LogP contribution < -0.4 is 29.6 Å². The van der Waals surface area contributed by atoms with E-state index in [-0.39, 0.29) is 29.6 Å². The molecule has 0 aromatic heterocycles. The van der Waals surface area contributed by atoms with Gasteiger partial charge in [0.2, 0.25) is 0 Å². The van der Waals surface area contributed by atoms with Gasteiger partial charge in [-0.2, -0.15) is 0 Å². The first-order valence-corrected chi connectivity index (χ1v) is 9.17. The van der Waals surface area contributed by atoms with Crippen molar-refractivity contribution >= 4 is 32.7 Å². The third-order valence-electron chi connectivity index (χ3n) is 2.21. The standard InChI is InChI=1S/C12H18O2S3.Na/c1-11-5-7-12(8-6-11)16-15-9-3-2-4-10-17(13)14;/h5-8H,2-4,9-10H2,1H3,(H,13,14);/q;+1/p-1. The van der Waals surface area contributed by atoms with Crippen molar-refractivity contribution < 1.29 is 38.3 Å². The van der Waals surface area contributed by atoms with Crippen LogP contribution in [0.1, 0.15) is 24.8 Å². The Hall–Kier alpha value is 1.03. The summed E-state index contributed by atoms with van der Waals surface area (Å²) in [5.41, 5.74) is 1.28. The van der Waals surface area contributed by atoms with Crippen molar-refractivity contribution in [3.63, 3.8) is 0 Å². The maximum Gasteiger partial charge on any atom is 1.00 e. The SMILES string of the molecule is Cc1ccc(SSCCCCCS(=O)[O-])cc1.[Na+]. The third kappa shape index (κ3) is 9.89. The first kappa shape index (κ1) is 19.0. The van der Waals surface area contributed by atoms with E-state index in [0.717, 1.165) is 25.0 Å². The van der Waals surface area contributed by atoms with Gasteiger partial charge in [0.05, 0.1) is 0 Å². The monoisotopic (exact) mass is 312 g/mol. The van der Waals surface area contributed by atoms with Crippen LogP contribution in [0.25, 0.3) is 0 Å². The minimum Gasteiger partial charge on any atom is -0.772 e. The van der Waals surface area contributed by atoms with Crippen molar-refractivity contribution in [2.24, 2.45) is 0 Å². The quantitative estimate of drug-likeness (QED) is 0.308. The van der Waals surface area contributed by atoms with Crippen molar-refractivity contribution in [3.8, 4) is 0 Å². The zero-order valence-corrected chi connectivity index (χ0v) is 15.3. The second kappa shape index (κ2) is 11.8. The Morgan fingerprint density at radius 2 is 1.83 bits per heavy atom. The van der Waals surface area contributed by atoms with Crippen LogP contribution in [0.5, 0.6) is 0 Å². The molecule has 0 amide bonds. The van der Waals surface area contributed by atoms with Crippen molar-refractivity contribution in [2.75, 3.05) is 11.5 Å². The van der Waals surface area contributed by atoms with E-state index in [9.17, 15) is 8.76 Å². The minimum absolute atomic E-state index is 0. The molecule has 0 N–H and O–H groups in total. The molecule has 0 spiro atoms. The second-order valence-electron chi connectivity index (χ2n) is 3.79. The predicted molar refractivity (Wildman–Crippen MR) is 77.1 cm³/mol. The molecule has 0 aliphatic heterocycles. The Bertz CT molecular complexity index is 344. The van der Waals surface area contributed by atoms with Gasteiger partial charge in [-0.1, -0.05) is 56.8 Å². The molecule has 0 saturated carbocycles. The number of rotatable bonds is 8. The third-order valence-corrected chi connectivity index (χ3v) is 5.31. The van der Waals surface area contributed by atoms with Crippen LogP contribution >= 0.6 is 21.6 Å². The molecule has 0 aliphatic rings. The number of hydrogen-bond donors (Lipinski definition) is 0. The molecule has 1 aromatic carbocycles. The topological polar surface area (TPSA) is 40.1 Å². The normalized spacial score (nSPS) is 11.9. The fourth-order valence-corrected chi connectivity index (χ4v) is 3.83. The molecular weight excluding hydrogens is 295 g/mol. The molecule has 1 rings (SSSR count). The van der Waals surface area contributed by atoms with Gasteiger partial charge in [-0.15, -0.1) is 0 Å². The molecule has 0 fully saturated rings. The van der Waals surface area contributed by atoms with Gasteiger partial charge in [0, 0.05) is 16.4 Å². The number of unbranched alkanes of at least 4 members (excludes halogenated alkanes) is 2. The molecule has 96 valence electrons. The van der Waals surface area contributed by atoms with Crippen LogP contribution in [0.4, 0.5) is 0 Å². The van der Waals surface area contributed by atoms with Crippen LogP contribution in [0.3, 0.4) is 0 Å². The van der Waals surface area contributed by atoms with Crippen LogP contribution in [0, 0.1) is 6.92 Å². The van der Waals surface area contributed by atoms with Crippen molar-refractivity contribution in [2.45, 2.75) is 31.1 Å². The fraction of sp³-hybridized carbons (Fsp3) is 0.500. The first-order chi connectivity index (χ1) is 8.18. The predicted octanol–water partition coefficient (Wildman–Crippen LogP) is 0.789. The number of aryl methyl sites for hydroxylation is 1. The molecule has 0 radical (unpaired) electrons. The molecule has 0 saturated heterocycles. The first-order valence-electron chi connectivity index (χ1n) is 5.60. The van der Waals surface area contributed by atoms with E-state index in [2.05, 4.69) is 31.2 Å². The average molecular weight is 312 g/mol. The van der Waals surface area contributed by atoms with Gasteiger partial charge in [0.15, 0.2) is 0 Å². The summed E-state index contributed by atoms with van der Waals surface area (Å²) in [5, 5.41) is 0. The van der Waals surface area contributed by atoms with E-state index in [0.29, 0.717) is 5.75 Å². The molecule has 1 unspecified atom stereocenters. The summed E-state index contributed by atoms with van der Waals surface area (Å²) in [6.45, 7) is 2.08. The summed E-state index contributed by atoms with van der Waals surface area (Å²) < 4.78 is 20.6. The molecular formula is C12H17NaO2S3. The average Bonchev–Trinajstić information content (AvgIpc) is 2.30. The van der Waals surface area contributed by atoms with Gasteiger partial charge in [-0.05, 0) is 31.9 Å². The summed E-state index contributed by atoms with van der Waals surface area (Å²) in [5.74, 6) is 1.37. The van der Waals surface area contributed by atoms with Crippen LogP contribution in [0.15, 0.2) is 29.2 Å². The van der Waals surface area contributed by atoms with E-state index in [1.54, 1.807) is 10.8 Å². The number of benzene rings is 1. The minimum atomic E-state index is -1.87. The van der Waals surface area contributed by atoms with Gasteiger partial charge < -0.3 is 4.55 Å². The van der Waals surface area contributed by atoms with E-state index in [1.165, 1.54) is 10.5 Å². The second-order valence-corrected chi connectivity index (χ2v) is 7.29. The maximum absolute atomic E-state index is 10.3. The zero-order valence-electron chi connectivity index (χ0n) is 10.9. The van der Waals surface area contributed by atoms with E-state index < -0.39 is 11.1 Å². The summed E-state index contributed by atoms with van der Waals surface area (Å²) in [7, 11) is 3.62. The van der Waals surface area contributed by atoms with Crippen molar-refractivity contribution in [1.29, 1.82) is 0 Å². The fourth-order valence-electron chi connectivity index (χ4n) is 1.26. The summed E-state index contributed by atoms with van der Waals surface area (Å²) in [6.07, 6.45) is 2.86. The zero-order chi connectivity index (χ0) is 12.5. The summed E-state index contributed by atoms with van der Waals surface area (Å²) in [6, 6.07) is 8.50. The van der Waals surface area contributed by atoms with Crippen LogP contribution in [-0.2, 0) is 11.1 Å². The van der Waals surface area contributed by atoms with Gasteiger partial charge in [0.25, 0.3) is 0 Å². The maximum atomic E-state index is 10.3. The van der Waals surface area contributed by atoms with E-state index in [1.807, 2.05) is 10.8 Å². The van der Waals surface area contributed by atoms with Gasteiger partial charge >= 0.3 is 29.6 Å². The van der Waals surface area contributed by atoms with Gasteiger partial charge in [0.1, 0.15) is 0 Å². The van der Waals surface area contributed by atoms with E-state index in [4.69, 9.17) is 0 Å². The summed E-state index contributed by atoms with van der Waals surface area (Å²) in [4.78, 5) is 1.28.